The fourth-order valence-electron chi connectivity index (χ4n) is 2.62. The zero-order chi connectivity index (χ0) is 13.1. The predicted octanol–water partition coefficient (Wildman–Crippen LogP) is 3.15. The molecule has 1 aliphatic rings. The standard InChI is InChI=1S/C15H23NO2/c1-10-4-6-13(7-5-10)18-15-14(9-17)11(2)8-12(3)16-15/h8,10,13,17H,4-7,9H2,1-3H3. The van der Waals surface area contributed by atoms with E-state index in [1.807, 2.05) is 19.9 Å². The first-order valence-electron chi connectivity index (χ1n) is 6.84. The van der Waals surface area contributed by atoms with Crippen molar-refractivity contribution < 1.29 is 9.84 Å². The molecule has 1 aromatic rings. The Labute approximate surface area is 109 Å². The van der Waals surface area contributed by atoms with E-state index in [0.29, 0.717) is 5.88 Å². The molecular formula is C15H23NO2. The number of hydrogen-bond donors (Lipinski definition) is 1. The summed E-state index contributed by atoms with van der Waals surface area (Å²) in [6.45, 7) is 6.25. The topological polar surface area (TPSA) is 42.4 Å². The monoisotopic (exact) mass is 249 g/mol. The lowest BCUT2D eigenvalue weighted by Gasteiger charge is -2.27. The van der Waals surface area contributed by atoms with Gasteiger partial charge in [-0.3, -0.25) is 0 Å². The molecule has 0 saturated heterocycles. The fraction of sp³-hybridized carbons (Fsp3) is 0.667. The quantitative estimate of drug-likeness (QED) is 0.894. The number of hydrogen-bond acceptors (Lipinski definition) is 3. The Kier molecular flexibility index (Phi) is 4.23. The SMILES string of the molecule is Cc1cc(C)c(CO)c(OC2CCC(C)CC2)n1. The maximum Gasteiger partial charge on any atom is 0.219 e. The van der Waals surface area contributed by atoms with Gasteiger partial charge in [0, 0.05) is 11.3 Å². The van der Waals surface area contributed by atoms with Crippen molar-refractivity contribution in [2.75, 3.05) is 0 Å². The van der Waals surface area contributed by atoms with Crippen LogP contribution in [0.25, 0.3) is 0 Å². The lowest BCUT2D eigenvalue weighted by Crippen LogP contribution is -2.24. The molecule has 1 fully saturated rings. The highest BCUT2D eigenvalue weighted by Crippen LogP contribution is 2.29. The van der Waals surface area contributed by atoms with E-state index in [2.05, 4.69) is 11.9 Å². The Hall–Kier alpha value is -1.09. The summed E-state index contributed by atoms with van der Waals surface area (Å²) in [6.07, 6.45) is 4.91. The van der Waals surface area contributed by atoms with Crippen LogP contribution in [0.15, 0.2) is 6.07 Å². The fourth-order valence-corrected chi connectivity index (χ4v) is 2.62. The smallest absolute Gasteiger partial charge is 0.219 e. The van der Waals surface area contributed by atoms with Crippen molar-refractivity contribution in [2.24, 2.45) is 5.92 Å². The number of pyridine rings is 1. The van der Waals surface area contributed by atoms with Crippen molar-refractivity contribution in [1.29, 1.82) is 0 Å². The molecule has 1 N–H and O–H groups in total. The van der Waals surface area contributed by atoms with E-state index in [1.165, 1.54) is 12.8 Å². The molecule has 0 unspecified atom stereocenters. The van der Waals surface area contributed by atoms with Gasteiger partial charge in [-0.15, -0.1) is 0 Å². The molecule has 1 aromatic heterocycles. The van der Waals surface area contributed by atoms with Crippen LogP contribution in [0.4, 0.5) is 0 Å². The summed E-state index contributed by atoms with van der Waals surface area (Å²) in [5.74, 6) is 1.45. The average Bonchev–Trinajstić information content (AvgIpc) is 2.32. The highest BCUT2D eigenvalue weighted by molar-refractivity contribution is 5.35. The molecule has 0 spiro atoms. The van der Waals surface area contributed by atoms with Crippen molar-refractivity contribution in [1.82, 2.24) is 4.98 Å². The van der Waals surface area contributed by atoms with Gasteiger partial charge in [0.1, 0.15) is 6.10 Å². The molecule has 3 nitrogen and oxygen atoms in total. The number of aliphatic hydroxyl groups is 1. The van der Waals surface area contributed by atoms with Crippen LogP contribution in [-0.4, -0.2) is 16.2 Å². The minimum absolute atomic E-state index is 0.00241. The number of aromatic nitrogens is 1. The van der Waals surface area contributed by atoms with Gasteiger partial charge in [-0.05, 0) is 57.1 Å². The molecule has 3 heteroatoms. The second-order valence-electron chi connectivity index (χ2n) is 5.52. The van der Waals surface area contributed by atoms with Crippen LogP contribution in [0.5, 0.6) is 5.88 Å². The predicted molar refractivity (Wildman–Crippen MR) is 71.7 cm³/mol. The van der Waals surface area contributed by atoms with Crippen molar-refractivity contribution in [3.05, 3.63) is 22.9 Å². The Morgan fingerprint density at radius 3 is 2.56 bits per heavy atom. The van der Waals surface area contributed by atoms with Crippen LogP contribution in [0.3, 0.4) is 0 Å². The molecule has 18 heavy (non-hydrogen) atoms. The van der Waals surface area contributed by atoms with Gasteiger partial charge in [0.25, 0.3) is 0 Å². The molecule has 2 rings (SSSR count). The third kappa shape index (κ3) is 3.02. The van der Waals surface area contributed by atoms with E-state index in [9.17, 15) is 5.11 Å². The van der Waals surface area contributed by atoms with E-state index in [1.54, 1.807) is 0 Å². The van der Waals surface area contributed by atoms with Crippen molar-refractivity contribution >= 4 is 0 Å². The van der Waals surface area contributed by atoms with Crippen LogP contribution in [-0.2, 0) is 6.61 Å². The third-order valence-electron chi connectivity index (χ3n) is 3.84. The molecular weight excluding hydrogens is 226 g/mol. The summed E-state index contributed by atoms with van der Waals surface area (Å²) < 4.78 is 6.02. The normalized spacial score (nSPS) is 24.0. The Morgan fingerprint density at radius 1 is 1.28 bits per heavy atom. The van der Waals surface area contributed by atoms with Gasteiger partial charge in [-0.25, -0.2) is 4.98 Å². The number of nitrogens with zero attached hydrogens (tertiary/aromatic N) is 1. The summed E-state index contributed by atoms with van der Waals surface area (Å²) >= 11 is 0. The first-order chi connectivity index (χ1) is 8.60. The van der Waals surface area contributed by atoms with Crippen molar-refractivity contribution in [2.45, 2.75) is 59.2 Å². The number of ether oxygens (including phenoxy) is 1. The average molecular weight is 249 g/mol. The summed E-state index contributed by atoms with van der Waals surface area (Å²) in [5.41, 5.74) is 2.84. The van der Waals surface area contributed by atoms with Crippen LogP contribution in [0.2, 0.25) is 0 Å². The molecule has 0 radical (unpaired) electrons. The van der Waals surface area contributed by atoms with Gasteiger partial charge in [0.2, 0.25) is 5.88 Å². The van der Waals surface area contributed by atoms with Crippen molar-refractivity contribution in [3.8, 4) is 5.88 Å². The van der Waals surface area contributed by atoms with Gasteiger partial charge >= 0.3 is 0 Å². The van der Waals surface area contributed by atoms with E-state index in [0.717, 1.165) is 35.6 Å². The van der Waals surface area contributed by atoms with E-state index in [-0.39, 0.29) is 12.7 Å². The molecule has 0 aromatic carbocycles. The number of rotatable bonds is 3. The highest BCUT2D eigenvalue weighted by atomic mass is 16.5. The maximum absolute atomic E-state index is 9.44. The summed E-state index contributed by atoms with van der Waals surface area (Å²) in [7, 11) is 0. The molecule has 1 saturated carbocycles. The van der Waals surface area contributed by atoms with Gasteiger partial charge in [0.05, 0.1) is 6.61 Å². The lowest BCUT2D eigenvalue weighted by molar-refractivity contribution is 0.125. The van der Waals surface area contributed by atoms with Crippen LogP contribution < -0.4 is 4.74 Å². The molecule has 0 amide bonds. The van der Waals surface area contributed by atoms with Crippen molar-refractivity contribution in [3.63, 3.8) is 0 Å². The number of aryl methyl sites for hydroxylation is 2. The summed E-state index contributed by atoms with van der Waals surface area (Å²) in [4.78, 5) is 4.44. The Bertz CT molecular complexity index is 409. The van der Waals surface area contributed by atoms with Gasteiger partial charge < -0.3 is 9.84 Å². The second-order valence-corrected chi connectivity index (χ2v) is 5.52. The van der Waals surface area contributed by atoms with Crippen LogP contribution >= 0.6 is 0 Å². The lowest BCUT2D eigenvalue weighted by atomic mass is 9.89. The van der Waals surface area contributed by atoms with Crippen LogP contribution in [0, 0.1) is 19.8 Å². The third-order valence-corrected chi connectivity index (χ3v) is 3.84. The van der Waals surface area contributed by atoms with Gasteiger partial charge in [-0.2, -0.15) is 0 Å². The summed E-state index contributed by atoms with van der Waals surface area (Å²) in [6, 6.07) is 1.99. The van der Waals surface area contributed by atoms with Gasteiger partial charge in [-0.1, -0.05) is 6.92 Å². The summed E-state index contributed by atoms with van der Waals surface area (Å²) in [5, 5.41) is 9.44. The van der Waals surface area contributed by atoms with E-state index >= 15 is 0 Å². The minimum Gasteiger partial charge on any atom is -0.474 e. The second kappa shape index (κ2) is 5.70. The first-order valence-corrected chi connectivity index (χ1v) is 6.84. The van der Waals surface area contributed by atoms with E-state index in [4.69, 9.17) is 4.74 Å². The minimum atomic E-state index is -0.00241. The van der Waals surface area contributed by atoms with Gasteiger partial charge in [0.15, 0.2) is 0 Å². The van der Waals surface area contributed by atoms with E-state index < -0.39 is 0 Å². The largest absolute Gasteiger partial charge is 0.474 e. The zero-order valence-electron chi connectivity index (χ0n) is 11.6. The molecule has 0 aliphatic heterocycles. The number of aliphatic hydroxyl groups excluding tert-OH is 1. The molecule has 0 atom stereocenters. The molecule has 1 aliphatic carbocycles. The molecule has 1 heterocycles. The molecule has 0 bridgehead atoms. The Morgan fingerprint density at radius 2 is 1.94 bits per heavy atom. The van der Waals surface area contributed by atoms with Crippen LogP contribution in [0.1, 0.15) is 49.4 Å². The molecule has 100 valence electrons. The highest BCUT2D eigenvalue weighted by Gasteiger charge is 2.21. The maximum atomic E-state index is 9.44. The Balaban J connectivity index is 2.13. The zero-order valence-corrected chi connectivity index (χ0v) is 11.6. The first kappa shape index (κ1) is 13.3.